The molecule has 0 fully saturated rings. The van der Waals surface area contributed by atoms with Crippen molar-refractivity contribution in [3.8, 4) is 17.2 Å². The number of benzene rings is 4. The average molecular weight is 745 g/mol. The molecule has 0 aliphatic rings. The molecule has 36 heavy (non-hydrogen) atoms. The number of carbonyl (C=O) groups is 1. The van der Waals surface area contributed by atoms with Crippen molar-refractivity contribution in [1.29, 1.82) is 0 Å². The van der Waals surface area contributed by atoms with Gasteiger partial charge in [0.05, 0.1) is 26.8 Å². The van der Waals surface area contributed by atoms with E-state index in [1.54, 1.807) is 36.4 Å². The summed E-state index contributed by atoms with van der Waals surface area (Å²) in [6, 6.07) is 29.5. The van der Waals surface area contributed by atoms with Crippen molar-refractivity contribution in [1.82, 2.24) is 0 Å². The third-order valence-corrected chi connectivity index (χ3v) is 7.27. The zero-order valence-corrected chi connectivity index (χ0v) is 27.1. The number of phenolic OH excluding ortho intramolecular Hbond substituents is 1. The van der Waals surface area contributed by atoms with E-state index in [-0.39, 0.29) is 43.9 Å². The minimum absolute atomic E-state index is 0. The van der Waals surface area contributed by atoms with Crippen molar-refractivity contribution in [2.75, 3.05) is 0 Å². The first-order chi connectivity index (χ1) is 17.0. The van der Waals surface area contributed by atoms with Gasteiger partial charge in [0.1, 0.15) is 23.9 Å². The molecule has 4 aromatic carbocycles. The molecule has 0 aliphatic heterocycles. The van der Waals surface area contributed by atoms with E-state index in [4.69, 9.17) is 20.5 Å². The summed E-state index contributed by atoms with van der Waals surface area (Å²) in [4.78, 5) is 14.1. The number of halogens is 1. The molecule has 2 unspecified atom stereocenters. The maximum absolute atomic E-state index is 13.6. The summed E-state index contributed by atoms with van der Waals surface area (Å²) in [7, 11) is 2.42. The average Bonchev–Trinajstić information content (AvgIpc) is 2.90. The quantitative estimate of drug-likeness (QED) is 0.0589. The number of hydrogen-bond donors (Lipinski definition) is 1. The van der Waals surface area contributed by atoms with E-state index in [1.165, 1.54) is 11.8 Å². The van der Waals surface area contributed by atoms with Crippen LogP contribution in [0, 0.1) is 0 Å². The van der Waals surface area contributed by atoms with E-state index >= 15 is 0 Å². The zero-order chi connectivity index (χ0) is 24.6. The van der Waals surface area contributed by atoms with Crippen LogP contribution >= 0.6 is 43.5 Å². The van der Waals surface area contributed by atoms with Crippen LogP contribution in [0.25, 0.3) is 0 Å². The molecule has 0 bridgehead atoms. The zero-order valence-electron chi connectivity index (χ0n) is 19.0. The standard InChI is InChI=1S/C27H22ClO4PS2.Tl/c28-23-15-22(31-17-18-7-3-1-4-8-18)16-24(26(23)30)34-27(20-9-5-2-6-10-20)25(29)19-11-13-21(14-12-19)32-35-33;/h1-16,27,30H,17,33H2;. The monoisotopic (exact) mass is 745 g/mol. The summed E-state index contributed by atoms with van der Waals surface area (Å²) in [6.07, 6.45) is 0. The number of ketones is 1. The molecule has 181 valence electrons. The van der Waals surface area contributed by atoms with Crippen LogP contribution in [0.15, 0.2) is 102 Å². The van der Waals surface area contributed by atoms with Gasteiger partial charge < -0.3 is 14.0 Å². The summed E-state index contributed by atoms with van der Waals surface area (Å²) in [6.45, 7) is 0.357. The maximum atomic E-state index is 13.6. The van der Waals surface area contributed by atoms with Crippen LogP contribution in [0.5, 0.6) is 17.2 Å². The number of Topliss-reactive ketones (excluding diaryl/α,β-unsaturated/α-hetero) is 1. The first-order valence-electron chi connectivity index (χ1n) is 10.6. The van der Waals surface area contributed by atoms with Gasteiger partial charge in [-0.25, -0.2) is 0 Å². The number of carbonyl (C=O) groups excluding carboxylic acids is 1. The molecule has 9 heteroatoms. The fourth-order valence-corrected chi connectivity index (χ4v) is 5.39. The number of phenols is 1. The predicted molar refractivity (Wildman–Crippen MR) is 153 cm³/mol. The Morgan fingerprint density at radius 3 is 2.19 bits per heavy atom. The van der Waals surface area contributed by atoms with Crippen LogP contribution in [0.3, 0.4) is 0 Å². The number of ether oxygens (including phenoxy) is 1. The summed E-state index contributed by atoms with van der Waals surface area (Å²) in [5, 5.41) is 10.3. The molecular formula is C27H22ClO4PS2Tl. The van der Waals surface area contributed by atoms with Crippen molar-refractivity contribution in [2.45, 2.75) is 16.8 Å². The van der Waals surface area contributed by atoms with E-state index in [0.717, 1.165) is 22.8 Å². The molecule has 2 atom stereocenters. The van der Waals surface area contributed by atoms with Gasteiger partial charge in [-0.1, -0.05) is 72.3 Å². The van der Waals surface area contributed by atoms with Crippen LogP contribution in [-0.4, -0.2) is 38.2 Å². The Bertz CT molecular complexity index is 1280. The predicted octanol–water partition coefficient (Wildman–Crippen LogP) is 7.78. The molecule has 4 rings (SSSR count). The van der Waals surface area contributed by atoms with E-state index < -0.39 is 5.25 Å². The summed E-state index contributed by atoms with van der Waals surface area (Å²) >= 11 is 8.72. The molecule has 0 aromatic heterocycles. The number of hydrogen-bond acceptors (Lipinski definition) is 6. The van der Waals surface area contributed by atoms with Crippen molar-refractivity contribution in [2.24, 2.45) is 0 Å². The van der Waals surface area contributed by atoms with E-state index in [0.29, 0.717) is 28.6 Å². The molecule has 0 saturated heterocycles. The maximum Gasteiger partial charge on any atom is 0.180 e. The number of aromatic hydroxyl groups is 1. The Morgan fingerprint density at radius 2 is 1.56 bits per heavy atom. The second kappa shape index (κ2) is 14.3. The van der Waals surface area contributed by atoms with E-state index in [2.05, 4.69) is 8.44 Å². The molecule has 4 aromatic rings. The minimum atomic E-state index is -0.606. The van der Waals surface area contributed by atoms with Gasteiger partial charge in [-0.3, -0.25) is 4.79 Å². The normalized spacial score (nSPS) is 11.3. The first-order valence-corrected chi connectivity index (χ1v) is 14.1. The molecule has 0 spiro atoms. The number of thioether (sulfide) groups is 1. The van der Waals surface area contributed by atoms with E-state index in [1.807, 2.05) is 60.7 Å². The largest absolute Gasteiger partial charge is 0.505 e. The second-order valence-electron chi connectivity index (χ2n) is 7.50. The third kappa shape index (κ3) is 7.65. The van der Waals surface area contributed by atoms with Gasteiger partial charge >= 0.3 is 0 Å². The molecule has 0 heterocycles. The molecule has 1 N–H and O–H groups in total. The molecule has 1 radical (unpaired) electrons. The minimum Gasteiger partial charge on any atom is -0.505 e. The van der Waals surface area contributed by atoms with Crippen LogP contribution in [0.2, 0.25) is 5.02 Å². The van der Waals surface area contributed by atoms with Gasteiger partial charge in [0, 0.05) is 38.9 Å². The van der Waals surface area contributed by atoms with Crippen molar-refractivity contribution >= 4 is 76.5 Å². The summed E-state index contributed by atoms with van der Waals surface area (Å²) in [5.74, 6) is 0.976. The molecule has 0 amide bonds. The molecule has 0 saturated carbocycles. The molecule has 0 aliphatic carbocycles. The van der Waals surface area contributed by atoms with Gasteiger partial charge in [0.25, 0.3) is 0 Å². The smallest absolute Gasteiger partial charge is 0.180 e. The Kier molecular flexibility index (Phi) is 11.5. The van der Waals surface area contributed by atoms with Crippen molar-refractivity contribution in [3.63, 3.8) is 0 Å². The van der Waals surface area contributed by atoms with E-state index in [9.17, 15) is 9.90 Å². The topological polar surface area (TPSA) is 55.8 Å². The molecular weight excluding hydrogens is 723 g/mol. The fourth-order valence-electron chi connectivity index (χ4n) is 3.37. The Labute approximate surface area is 246 Å². The van der Waals surface area contributed by atoms with Gasteiger partial charge in [-0.05, 0) is 49.9 Å². The molecule has 4 nitrogen and oxygen atoms in total. The van der Waals surface area contributed by atoms with Gasteiger partial charge in [0.15, 0.2) is 5.78 Å². The van der Waals surface area contributed by atoms with Crippen molar-refractivity contribution < 1.29 is 18.8 Å². The second-order valence-corrected chi connectivity index (χ2v) is 9.99. The number of rotatable bonds is 10. The Balaban J connectivity index is 0.00000361. The van der Waals surface area contributed by atoms with Gasteiger partial charge in [-0.15, -0.1) is 11.8 Å². The third-order valence-electron chi connectivity index (χ3n) is 5.12. The van der Waals surface area contributed by atoms with Crippen LogP contribution in [-0.2, 0) is 6.61 Å². The van der Waals surface area contributed by atoms with Gasteiger partial charge in [-0.2, -0.15) is 0 Å². The van der Waals surface area contributed by atoms with Crippen LogP contribution < -0.4 is 8.92 Å². The summed E-state index contributed by atoms with van der Waals surface area (Å²) in [5.41, 5.74) is 2.36. The Morgan fingerprint density at radius 1 is 0.917 bits per heavy atom. The summed E-state index contributed by atoms with van der Waals surface area (Å²) < 4.78 is 11.3. The van der Waals surface area contributed by atoms with Crippen LogP contribution in [0.1, 0.15) is 26.7 Å². The first kappa shape index (κ1) is 28.9. The Hall–Kier alpha value is -1.71. The van der Waals surface area contributed by atoms with Gasteiger partial charge in [0.2, 0.25) is 0 Å². The van der Waals surface area contributed by atoms with Crippen LogP contribution in [0.4, 0.5) is 0 Å². The SMILES string of the molecule is O=C(c1ccc(OSP)cc1)C(Sc1cc(OCc2ccccc2)cc(Cl)c1O)c1ccccc1.[Tl]. The fraction of sp³-hybridized carbons (Fsp3) is 0.0741. The van der Waals surface area contributed by atoms with Crippen molar-refractivity contribution in [3.05, 3.63) is 119 Å².